The Morgan fingerprint density at radius 1 is 0.815 bits per heavy atom. The molecule has 0 atom stereocenters. The molecule has 2 aliphatic rings. The van der Waals surface area contributed by atoms with Crippen LogP contribution in [0.4, 0.5) is 23.1 Å². The number of nitrogens with zero attached hydrogens (tertiary/aromatic N) is 7. The van der Waals surface area contributed by atoms with Crippen molar-refractivity contribution in [3.8, 4) is 0 Å². The van der Waals surface area contributed by atoms with Gasteiger partial charge in [0.05, 0.1) is 4.92 Å². The molecule has 0 unspecified atom stereocenters. The maximum Gasteiger partial charge on any atom is 0.353 e. The van der Waals surface area contributed by atoms with E-state index in [1.165, 1.54) is 6.33 Å². The van der Waals surface area contributed by atoms with Crippen molar-refractivity contribution in [1.82, 2.24) is 15.0 Å². The Labute approximate surface area is 157 Å². The van der Waals surface area contributed by atoms with Gasteiger partial charge in [-0.1, -0.05) is 6.07 Å². The highest BCUT2D eigenvalue weighted by atomic mass is 16.6. The van der Waals surface area contributed by atoms with Crippen molar-refractivity contribution in [2.24, 2.45) is 0 Å². The zero-order valence-corrected chi connectivity index (χ0v) is 15.2. The lowest BCUT2D eigenvalue weighted by atomic mass is 10.1. The first-order chi connectivity index (χ1) is 13.2. The lowest BCUT2D eigenvalue weighted by Crippen LogP contribution is -2.47. The standard InChI is InChI=1S/C18H23N7O2/c26-25(27)16-17(23-8-4-1-5-9-23)20-14-21-18(16)24-12-10-22(11-13-24)15-6-2-3-7-19-15/h2-3,6-7,14H,1,4-5,8-13H2. The summed E-state index contributed by atoms with van der Waals surface area (Å²) in [5.74, 6) is 1.82. The van der Waals surface area contributed by atoms with Crippen molar-refractivity contribution in [3.05, 3.63) is 40.8 Å². The van der Waals surface area contributed by atoms with Crippen molar-refractivity contribution in [1.29, 1.82) is 0 Å². The Bertz CT molecular complexity index is 788. The fraction of sp³-hybridized carbons (Fsp3) is 0.500. The van der Waals surface area contributed by atoms with Crippen molar-refractivity contribution in [2.75, 3.05) is 54.0 Å². The minimum Gasteiger partial charge on any atom is -0.353 e. The smallest absolute Gasteiger partial charge is 0.353 e. The monoisotopic (exact) mass is 369 g/mol. The maximum atomic E-state index is 11.9. The van der Waals surface area contributed by atoms with Gasteiger partial charge in [0.25, 0.3) is 0 Å². The molecular formula is C18H23N7O2. The molecule has 0 spiro atoms. The van der Waals surface area contributed by atoms with Crippen LogP contribution < -0.4 is 14.7 Å². The summed E-state index contributed by atoms with van der Waals surface area (Å²) in [5, 5.41) is 11.9. The predicted octanol–water partition coefficient (Wildman–Crippen LogP) is 2.10. The molecule has 4 rings (SSSR count). The van der Waals surface area contributed by atoms with Crippen molar-refractivity contribution in [3.63, 3.8) is 0 Å². The minimum absolute atomic E-state index is 0.0330. The van der Waals surface area contributed by atoms with Crippen molar-refractivity contribution >= 4 is 23.1 Å². The third-order valence-electron chi connectivity index (χ3n) is 5.17. The molecule has 2 aromatic rings. The molecule has 4 heterocycles. The van der Waals surface area contributed by atoms with Crippen LogP contribution in [-0.4, -0.2) is 59.1 Å². The molecule has 27 heavy (non-hydrogen) atoms. The second-order valence-corrected chi connectivity index (χ2v) is 6.84. The van der Waals surface area contributed by atoms with Crippen LogP contribution in [0.3, 0.4) is 0 Å². The molecule has 2 saturated heterocycles. The number of pyridine rings is 1. The molecule has 2 aromatic heterocycles. The van der Waals surface area contributed by atoms with Crippen LogP contribution in [-0.2, 0) is 0 Å². The van der Waals surface area contributed by atoms with Gasteiger partial charge in [-0.3, -0.25) is 10.1 Å². The maximum absolute atomic E-state index is 11.9. The normalized spacial score (nSPS) is 17.9. The van der Waals surface area contributed by atoms with Crippen LogP contribution in [0.5, 0.6) is 0 Å². The van der Waals surface area contributed by atoms with E-state index in [0.717, 1.165) is 51.3 Å². The predicted molar refractivity (Wildman–Crippen MR) is 103 cm³/mol. The number of aromatic nitrogens is 3. The number of hydrogen-bond donors (Lipinski definition) is 0. The average molecular weight is 369 g/mol. The third-order valence-corrected chi connectivity index (χ3v) is 5.17. The van der Waals surface area contributed by atoms with Gasteiger partial charge in [0.1, 0.15) is 12.1 Å². The van der Waals surface area contributed by atoms with Crippen LogP contribution in [0.1, 0.15) is 19.3 Å². The Morgan fingerprint density at radius 3 is 2.04 bits per heavy atom. The highest BCUT2D eigenvalue weighted by Gasteiger charge is 2.32. The fourth-order valence-corrected chi connectivity index (χ4v) is 3.78. The van der Waals surface area contributed by atoms with Crippen molar-refractivity contribution in [2.45, 2.75) is 19.3 Å². The first-order valence-electron chi connectivity index (χ1n) is 9.39. The van der Waals surface area contributed by atoms with Gasteiger partial charge in [-0.25, -0.2) is 15.0 Å². The lowest BCUT2D eigenvalue weighted by molar-refractivity contribution is -0.383. The van der Waals surface area contributed by atoms with E-state index in [4.69, 9.17) is 0 Å². The van der Waals surface area contributed by atoms with E-state index in [9.17, 15) is 10.1 Å². The van der Waals surface area contributed by atoms with E-state index in [-0.39, 0.29) is 10.6 Å². The zero-order valence-electron chi connectivity index (χ0n) is 15.2. The molecule has 2 aliphatic heterocycles. The molecule has 142 valence electrons. The minimum atomic E-state index is -0.329. The molecular weight excluding hydrogens is 346 g/mol. The first-order valence-corrected chi connectivity index (χ1v) is 9.39. The van der Waals surface area contributed by atoms with Crippen LogP contribution in [0.25, 0.3) is 0 Å². The van der Waals surface area contributed by atoms with Crippen LogP contribution >= 0.6 is 0 Å². The summed E-state index contributed by atoms with van der Waals surface area (Å²) < 4.78 is 0. The SMILES string of the molecule is O=[N+]([O-])c1c(N2CCCCC2)ncnc1N1CCN(c2ccccn2)CC1. The summed E-state index contributed by atoms with van der Waals surface area (Å²) in [4.78, 5) is 30.7. The summed E-state index contributed by atoms with van der Waals surface area (Å²) in [6.45, 7) is 4.44. The molecule has 0 aliphatic carbocycles. The largest absolute Gasteiger partial charge is 0.353 e. The lowest BCUT2D eigenvalue weighted by Gasteiger charge is -2.36. The van der Waals surface area contributed by atoms with Gasteiger partial charge in [-0.2, -0.15) is 0 Å². The summed E-state index contributed by atoms with van der Waals surface area (Å²) in [6, 6.07) is 5.85. The number of rotatable bonds is 4. The van der Waals surface area contributed by atoms with Crippen LogP contribution in [0, 0.1) is 10.1 Å². The average Bonchev–Trinajstić information content (AvgIpc) is 2.74. The fourth-order valence-electron chi connectivity index (χ4n) is 3.78. The van der Waals surface area contributed by atoms with E-state index in [2.05, 4.69) is 19.9 Å². The quantitative estimate of drug-likeness (QED) is 0.598. The Kier molecular flexibility index (Phi) is 4.99. The van der Waals surface area contributed by atoms with E-state index in [1.54, 1.807) is 6.20 Å². The van der Waals surface area contributed by atoms with Gasteiger partial charge in [-0.05, 0) is 31.4 Å². The van der Waals surface area contributed by atoms with Crippen LogP contribution in [0.2, 0.25) is 0 Å². The van der Waals surface area contributed by atoms with Crippen molar-refractivity contribution < 1.29 is 4.92 Å². The molecule has 0 N–H and O–H groups in total. The second-order valence-electron chi connectivity index (χ2n) is 6.84. The molecule has 0 saturated carbocycles. The van der Waals surface area contributed by atoms with Gasteiger partial charge < -0.3 is 14.7 Å². The number of piperidine rings is 1. The number of hydrogen-bond acceptors (Lipinski definition) is 8. The topological polar surface area (TPSA) is 91.5 Å². The zero-order chi connectivity index (χ0) is 18.6. The molecule has 0 aromatic carbocycles. The summed E-state index contributed by atoms with van der Waals surface area (Å²) in [6.07, 6.45) is 6.48. The summed E-state index contributed by atoms with van der Waals surface area (Å²) in [7, 11) is 0. The van der Waals surface area contributed by atoms with Gasteiger partial charge in [-0.15, -0.1) is 0 Å². The molecule has 2 fully saturated rings. The van der Waals surface area contributed by atoms with Gasteiger partial charge >= 0.3 is 5.69 Å². The highest BCUT2D eigenvalue weighted by Crippen LogP contribution is 2.35. The second kappa shape index (κ2) is 7.73. The van der Waals surface area contributed by atoms with Gasteiger partial charge in [0.15, 0.2) is 0 Å². The molecule has 0 amide bonds. The van der Waals surface area contributed by atoms with Gasteiger partial charge in [0.2, 0.25) is 11.6 Å². The van der Waals surface area contributed by atoms with Gasteiger partial charge in [0, 0.05) is 45.5 Å². The summed E-state index contributed by atoms with van der Waals surface area (Å²) >= 11 is 0. The Morgan fingerprint density at radius 2 is 1.44 bits per heavy atom. The number of nitro groups is 1. The number of piperazine rings is 1. The Hall–Kier alpha value is -2.97. The van der Waals surface area contributed by atoms with E-state index < -0.39 is 0 Å². The summed E-state index contributed by atoms with van der Waals surface area (Å²) in [5.41, 5.74) is 0.0330. The van der Waals surface area contributed by atoms with Crippen LogP contribution in [0.15, 0.2) is 30.7 Å². The molecule has 0 bridgehead atoms. The first kappa shape index (κ1) is 17.4. The molecule has 9 nitrogen and oxygen atoms in total. The van der Waals surface area contributed by atoms with E-state index >= 15 is 0 Å². The highest BCUT2D eigenvalue weighted by molar-refractivity contribution is 5.71. The number of anilines is 3. The van der Waals surface area contributed by atoms with E-state index in [0.29, 0.717) is 24.7 Å². The third kappa shape index (κ3) is 3.62. The molecule has 9 heteroatoms. The Balaban J connectivity index is 1.56. The van der Waals surface area contributed by atoms with E-state index in [1.807, 2.05) is 28.0 Å². The molecule has 0 radical (unpaired) electrons.